The number of hydrazone groups is 1. The number of para-hydroxylation sites is 1. The summed E-state index contributed by atoms with van der Waals surface area (Å²) in [5, 5.41) is 4.07. The Labute approximate surface area is 161 Å². The van der Waals surface area contributed by atoms with Gasteiger partial charge in [-0.15, -0.1) is 0 Å². The molecular weight excluding hydrogens is 340 g/mol. The van der Waals surface area contributed by atoms with E-state index < -0.39 is 0 Å². The zero-order chi connectivity index (χ0) is 20.0. The Balaban J connectivity index is 2.00. The summed E-state index contributed by atoms with van der Waals surface area (Å²) in [7, 11) is 1.67. The summed E-state index contributed by atoms with van der Waals surface area (Å²) in [5.74, 6) is 1.63. The fraction of sp³-hybridized carbons (Fsp3) is 0.364. The number of methoxy groups -OCH3 is 1. The van der Waals surface area contributed by atoms with Gasteiger partial charge in [0.25, 0.3) is 5.91 Å². The van der Waals surface area contributed by atoms with Crippen LogP contribution in [0.4, 0.5) is 0 Å². The Morgan fingerprint density at radius 1 is 1.15 bits per heavy atom. The van der Waals surface area contributed by atoms with Gasteiger partial charge in [-0.05, 0) is 66.6 Å². The van der Waals surface area contributed by atoms with Gasteiger partial charge in [-0.25, -0.2) is 5.43 Å². The summed E-state index contributed by atoms with van der Waals surface area (Å²) >= 11 is 0. The molecule has 1 N–H and O–H groups in total. The van der Waals surface area contributed by atoms with Gasteiger partial charge in [0.1, 0.15) is 11.5 Å². The molecule has 0 fully saturated rings. The maximum absolute atomic E-state index is 12.0. The lowest BCUT2D eigenvalue weighted by Gasteiger charge is -2.14. The third-order valence-electron chi connectivity index (χ3n) is 4.39. The van der Waals surface area contributed by atoms with E-state index in [1.165, 1.54) is 0 Å². The summed E-state index contributed by atoms with van der Waals surface area (Å²) in [6.07, 6.45) is 1.65. The van der Waals surface area contributed by atoms with Crippen LogP contribution in [0.15, 0.2) is 35.4 Å². The highest BCUT2D eigenvalue weighted by atomic mass is 16.5. The summed E-state index contributed by atoms with van der Waals surface area (Å²) in [6.45, 7) is 10.0. The van der Waals surface area contributed by atoms with Gasteiger partial charge < -0.3 is 9.47 Å². The van der Waals surface area contributed by atoms with Crippen molar-refractivity contribution < 1.29 is 14.3 Å². The number of rotatable bonds is 7. The van der Waals surface area contributed by atoms with E-state index in [1.54, 1.807) is 13.3 Å². The minimum Gasteiger partial charge on any atom is -0.496 e. The van der Waals surface area contributed by atoms with Crippen molar-refractivity contribution in [2.75, 3.05) is 13.7 Å². The molecule has 1 amide bonds. The molecule has 0 unspecified atom stereocenters. The molecule has 0 saturated heterocycles. The number of aryl methyl sites for hydroxylation is 3. The van der Waals surface area contributed by atoms with Crippen LogP contribution >= 0.6 is 0 Å². The minimum atomic E-state index is -0.302. The van der Waals surface area contributed by atoms with Crippen LogP contribution in [0.2, 0.25) is 0 Å². The number of carbonyl (C=O) groups is 1. The molecule has 0 spiro atoms. The number of benzene rings is 2. The monoisotopic (exact) mass is 368 g/mol. The minimum absolute atomic E-state index is 0.0815. The molecule has 0 bridgehead atoms. The Bertz CT molecular complexity index is 821. The van der Waals surface area contributed by atoms with Gasteiger partial charge in [-0.2, -0.15) is 5.10 Å². The van der Waals surface area contributed by atoms with Crippen LogP contribution < -0.4 is 14.9 Å². The Morgan fingerprint density at radius 2 is 1.81 bits per heavy atom. The lowest BCUT2D eigenvalue weighted by Crippen LogP contribution is -2.25. The van der Waals surface area contributed by atoms with E-state index in [-0.39, 0.29) is 12.5 Å². The van der Waals surface area contributed by atoms with E-state index in [0.29, 0.717) is 5.92 Å². The summed E-state index contributed by atoms with van der Waals surface area (Å²) < 4.78 is 11.1. The molecule has 0 aliphatic rings. The average Bonchev–Trinajstić information content (AvgIpc) is 2.62. The van der Waals surface area contributed by atoms with Crippen LogP contribution in [-0.2, 0) is 4.79 Å². The molecule has 5 heteroatoms. The van der Waals surface area contributed by atoms with Gasteiger partial charge in [-0.3, -0.25) is 4.79 Å². The van der Waals surface area contributed by atoms with Crippen molar-refractivity contribution in [3.63, 3.8) is 0 Å². The van der Waals surface area contributed by atoms with Crippen LogP contribution in [0.25, 0.3) is 0 Å². The van der Waals surface area contributed by atoms with Crippen molar-refractivity contribution in [1.29, 1.82) is 0 Å². The number of hydrogen-bond donors (Lipinski definition) is 1. The van der Waals surface area contributed by atoms with Gasteiger partial charge in [-0.1, -0.05) is 32.0 Å². The highest BCUT2D eigenvalue weighted by Crippen LogP contribution is 2.29. The van der Waals surface area contributed by atoms with Crippen LogP contribution in [0.5, 0.6) is 11.5 Å². The molecule has 144 valence electrons. The number of nitrogens with one attached hydrogen (secondary N) is 1. The van der Waals surface area contributed by atoms with E-state index in [9.17, 15) is 4.79 Å². The predicted molar refractivity (Wildman–Crippen MR) is 109 cm³/mol. The van der Waals surface area contributed by atoms with E-state index in [4.69, 9.17) is 9.47 Å². The fourth-order valence-electron chi connectivity index (χ4n) is 2.85. The molecule has 0 aliphatic carbocycles. The summed E-state index contributed by atoms with van der Waals surface area (Å²) in [4.78, 5) is 12.0. The standard InChI is InChI=1S/C22H28N2O3/c1-14(2)19-11-18(17(5)10-20(19)26-6)12-23-24-21(25)13-27-22-15(3)8-7-9-16(22)4/h7-12,14H,13H2,1-6H3,(H,24,25)/b23-12-. The van der Waals surface area contributed by atoms with Crippen LogP contribution in [0, 0.1) is 20.8 Å². The second-order valence-electron chi connectivity index (χ2n) is 6.91. The first kappa shape index (κ1) is 20.5. The highest BCUT2D eigenvalue weighted by molar-refractivity contribution is 5.85. The molecule has 0 aromatic heterocycles. The zero-order valence-corrected chi connectivity index (χ0v) is 16.9. The molecule has 0 radical (unpaired) electrons. The second kappa shape index (κ2) is 9.21. The SMILES string of the molecule is COc1cc(C)c(/C=N\NC(=O)COc2c(C)cccc2C)cc1C(C)C. The van der Waals surface area contributed by atoms with Gasteiger partial charge in [0.05, 0.1) is 13.3 Å². The van der Waals surface area contributed by atoms with Crippen molar-refractivity contribution in [2.45, 2.75) is 40.5 Å². The van der Waals surface area contributed by atoms with Gasteiger partial charge in [0, 0.05) is 0 Å². The average molecular weight is 368 g/mol. The van der Waals surface area contributed by atoms with E-state index in [1.807, 2.05) is 51.1 Å². The molecule has 0 saturated carbocycles. The maximum atomic E-state index is 12.0. The first-order valence-corrected chi connectivity index (χ1v) is 9.03. The summed E-state index contributed by atoms with van der Waals surface area (Å²) in [6, 6.07) is 9.91. The molecule has 2 aromatic carbocycles. The lowest BCUT2D eigenvalue weighted by molar-refractivity contribution is -0.123. The van der Waals surface area contributed by atoms with Crippen molar-refractivity contribution in [2.24, 2.45) is 5.10 Å². The first-order valence-electron chi connectivity index (χ1n) is 9.03. The quantitative estimate of drug-likeness (QED) is 0.586. The van der Waals surface area contributed by atoms with Crippen molar-refractivity contribution in [1.82, 2.24) is 5.43 Å². The van der Waals surface area contributed by atoms with E-state index in [0.717, 1.165) is 39.3 Å². The lowest BCUT2D eigenvalue weighted by atomic mass is 9.97. The number of amides is 1. The van der Waals surface area contributed by atoms with Gasteiger partial charge in [0.2, 0.25) is 0 Å². The zero-order valence-electron chi connectivity index (χ0n) is 16.9. The molecule has 0 heterocycles. The largest absolute Gasteiger partial charge is 0.496 e. The van der Waals surface area contributed by atoms with Crippen molar-refractivity contribution >= 4 is 12.1 Å². The molecule has 0 atom stereocenters. The maximum Gasteiger partial charge on any atom is 0.277 e. The molecule has 2 rings (SSSR count). The Kier molecular flexibility index (Phi) is 6.99. The smallest absolute Gasteiger partial charge is 0.277 e. The predicted octanol–water partition coefficient (Wildman–Crippen LogP) is 4.27. The summed E-state index contributed by atoms with van der Waals surface area (Å²) in [5.41, 5.74) is 7.60. The van der Waals surface area contributed by atoms with Gasteiger partial charge >= 0.3 is 0 Å². The molecule has 0 aliphatic heterocycles. The fourth-order valence-corrected chi connectivity index (χ4v) is 2.85. The van der Waals surface area contributed by atoms with Crippen LogP contribution in [-0.4, -0.2) is 25.8 Å². The molecular formula is C22H28N2O3. The Morgan fingerprint density at radius 3 is 2.41 bits per heavy atom. The van der Waals surface area contributed by atoms with Crippen LogP contribution in [0.3, 0.4) is 0 Å². The first-order chi connectivity index (χ1) is 12.8. The van der Waals surface area contributed by atoms with Crippen molar-refractivity contribution in [3.05, 3.63) is 58.1 Å². The number of nitrogens with zero attached hydrogens (tertiary/aromatic N) is 1. The highest BCUT2D eigenvalue weighted by Gasteiger charge is 2.11. The molecule has 27 heavy (non-hydrogen) atoms. The Hall–Kier alpha value is -2.82. The third-order valence-corrected chi connectivity index (χ3v) is 4.39. The number of hydrogen-bond acceptors (Lipinski definition) is 4. The molecule has 2 aromatic rings. The van der Waals surface area contributed by atoms with Crippen molar-refractivity contribution in [3.8, 4) is 11.5 Å². The van der Waals surface area contributed by atoms with Crippen LogP contribution in [0.1, 0.15) is 47.6 Å². The van der Waals surface area contributed by atoms with Gasteiger partial charge in [0.15, 0.2) is 6.61 Å². The second-order valence-corrected chi connectivity index (χ2v) is 6.91. The number of carbonyl (C=O) groups excluding carboxylic acids is 1. The third kappa shape index (κ3) is 5.33. The van der Waals surface area contributed by atoms with E-state index >= 15 is 0 Å². The normalized spacial score (nSPS) is 11.1. The topological polar surface area (TPSA) is 59.9 Å². The van der Waals surface area contributed by atoms with E-state index in [2.05, 4.69) is 24.4 Å². The number of ether oxygens (including phenoxy) is 2. The molecule has 5 nitrogen and oxygen atoms in total.